The molecule has 7 heterocycles. The molecule has 32 rings (SSSR count). The van der Waals surface area contributed by atoms with E-state index >= 15 is 0 Å². The molecule has 24 nitrogen and oxygen atoms in total. The van der Waals surface area contributed by atoms with Crippen LogP contribution < -0.4 is 23.7 Å². The summed E-state index contributed by atoms with van der Waals surface area (Å²) in [5.41, 5.74) is 6.18. The predicted octanol–water partition coefficient (Wildman–Crippen LogP) is 24.9. The maximum Gasteiger partial charge on any atom is 0.519 e. The number of aryl methyl sites for hydroxylation is 1. The first kappa shape index (κ1) is 94.2. The van der Waals surface area contributed by atoms with Gasteiger partial charge in [-0.05, 0) is 385 Å². The van der Waals surface area contributed by atoms with Crippen molar-refractivity contribution in [1.82, 2.24) is 14.7 Å². The molecule has 7 aliphatic heterocycles. The number of hydrogen-bond acceptors (Lipinski definition) is 22. The van der Waals surface area contributed by atoms with Crippen molar-refractivity contribution in [2.24, 2.45) is 101 Å². The van der Waals surface area contributed by atoms with E-state index in [0.717, 1.165) is 253 Å². The van der Waals surface area contributed by atoms with Gasteiger partial charge in [0, 0.05) is 145 Å². The smallest absolute Gasteiger partial charge is 0.494 e. The van der Waals surface area contributed by atoms with Gasteiger partial charge in [0.1, 0.15) is 28.7 Å². The molecule has 0 N–H and O–H groups in total. The lowest BCUT2D eigenvalue weighted by Crippen LogP contribution is -2.59. The Hall–Kier alpha value is -6.85. The molecule has 5 aromatic carbocycles. The van der Waals surface area contributed by atoms with Gasteiger partial charge in [0.15, 0.2) is 0 Å². The standard InChI is InChI=1S/C30H34O6.C29H39NO5.C29H41NO5.C28H37NO5/c1-19-4-8-26(9-5-19)32-28(31)33-27-10-6-22(7-11-27)23-3-2-12-29(18-23)34-30(36-35-29)24-14-20-13-21(16-24)17-25(30)15-20;1-19-8-11-30(12-9-19)27(31)32-26-6-4-22(5-7-26)23-3-2-10-28(18-23)33-29(35-34-28)24-14-20-13-21(16-24)17-25(29)15-20;1-3-24(23-4-6-27(7-5-23)32-12-2-9-30-10-13-31-14-11-30)20-28(8-1)33-29(35-34-28)25-16-21-15-22(18-25)19-26(29)17-21;30-26(29-11-2-1-3-12-29)31-25-8-6-21(7-9-25)22-5-4-10-27(18-22)32-28(34-33-27)23-14-19-13-20(16-23)17-24(28)15-19/h4-11,20-21,23-25H,2-3,12-18H2,1H3;4-7,19-21,23-25H,2-3,8-18H2,1H3;4-7,21-22,24-26H,1-3,8-20H2;6-9,19-20,22-24H,1-5,10-18H2/t20?,21?,23-,24?,25?,29-,30?;20?,21?,23-,24?,25?,28-,29?;21?,22?,24-,25?,26?,28-,29?;19?,20?,22-,23?,24?,27-,28?/m1111/s1. The highest BCUT2D eigenvalue weighted by Crippen LogP contribution is 2.70. The number of nitrogens with zero attached hydrogens (tertiary/aromatic N) is 3. The van der Waals surface area contributed by atoms with Gasteiger partial charge in [0.25, 0.3) is 0 Å². The van der Waals surface area contributed by atoms with Crippen molar-refractivity contribution in [1.29, 1.82) is 0 Å². The van der Waals surface area contributed by atoms with Crippen LogP contribution in [0.5, 0.6) is 28.7 Å². The average molecular weight is 1920 g/mol. The summed E-state index contributed by atoms with van der Waals surface area (Å²) in [5, 5.41) is 0. The Morgan fingerprint density at radius 2 is 0.600 bits per heavy atom. The van der Waals surface area contributed by atoms with Crippen LogP contribution in [-0.4, -0.2) is 145 Å². The predicted molar refractivity (Wildman–Crippen MR) is 516 cm³/mol. The van der Waals surface area contributed by atoms with Gasteiger partial charge in [-0.3, -0.25) is 4.90 Å². The fraction of sp³-hybridized carbons (Fsp3) is 0.716. The molecule has 7 saturated heterocycles. The number of likely N-dealkylation sites (tertiary alicyclic amines) is 2. The van der Waals surface area contributed by atoms with E-state index in [1.54, 1.807) is 12.1 Å². The van der Waals surface area contributed by atoms with E-state index in [1.165, 1.54) is 164 Å². The fourth-order valence-corrected chi connectivity index (χ4v) is 33.0. The van der Waals surface area contributed by atoms with Gasteiger partial charge in [-0.25, -0.2) is 14.4 Å². The second kappa shape index (κ2) is 38.8. The minimum atomic E-state index is -0.742. The molecule has 8 spiro atoms. The Kier molecular flexibility index (Phi) is 26.1. The van der Waals surface area contributed by atoms with Crippen LogP contribution in [-0.2, 0) is 62.8 Å². The minimum Gasteiger partial charge on any atom is -0.494 e. The third-order valence-electron chi connectivity index (χ3n) is 39.3. The Bertz CT molecular complexity index is 5040. The van der Waals surface area contributed by atoms with Gasteiger partial charge in [-0.1, -0.05) is 73.2 Å². The van der Waals surface area contributed by atoms with E-state index < -0.39 is 52.5 Å². The van der Waals surface area contributed by atoms with Gasteiger partial charge in [0.05, 0.1) is 19.8 Å². The Labute approximate surface area is 826 Å². The van der Waals surface area contributed by atoms with Crippen molar-refractivity contribution in [2.75, 3.05) is 65.6 Å². The van der Waals surface area contributed by atoms with E-state index in [0.29, 0.717) is 99.9 Å². The van der Waals surface area contributed by atoms with Crippen LogP contribution in [0.25, 0.3) is 0 Å². The minimum absolute atomic E-state index is 0.227. The highest BCUT2D eigenvalue weighted by atomic mass is 17.3. The van der Waals surface area contributed by atoms with Crippen LogP contribution >= 0.6 is 0 Å². The van der Waals surface area contributed by atoms with Crippen molar-refractivity contribution >= 4 is 18.3 Å². The van der Waals surface area contributed by atoms with Crippen LogP contribution in [0.4, 0.5) is 14.4 Å². The van der Waals surface area contributed by atoms with Gasteiger partial charge >= 0.3 is 18.3 Å². The summed E-state index contributed by atoms with van der Waals surface area (Å²) in [4.78, 5) is 92.9. The van der Waals surface area contributed by atoms with Crippen molar-refractivity contribution in [3.63, 3.8) is 0 Å². The molecular formula is C116H151N3O21. The van der Waals surface area contributed by atoms with Crippen LogP contribution in [0.2, 0.25) is 0 Å². The average Bonchev–Trinajstić information content (AvgIpc) is 1.49. The molecular weight excluding hydrogens is 1770 g/mol. The molecule has 8 atom stereocenters. The van der Waals surface area contributed by atoms with Crippen LogP contribution in [0, 0.1) is 108 Å². The number of amides is 2. The highest BCUT2D eigenvalue weighted by molar-refractivity contribution is 5.71. The van der Waals surface area contributed by atoms with Gasteiger partial charge in [-0.2, -0.15) is 39.1 Å². The molecule has 0 unspecified atom stereocenters. The third-order valence-corrected chi connectivity index (χ3v) is 39.3. The number of hydrogen-bond donors (Lipinski definition) is 0. The maximum atomic E-state index is 12.5. The molecule has 27 aliphatic rings. The zero-order valence-electron chi connectivity index (χ0n) is 82.9. The lowest BCUT2D eigenvalue weighted by Gasteiger charge is -2.57. The van der Waals surface area contributed by atoms with Crippen molar-refractivity contribution in [2.45, 2.75) is 353 Å². The monoisotopic (exact) mass is 1920 g/mol. The van der Waals surface area contributed by atoms with E-state index in [4.69, 9.17) is 86.5 Å². The molecule has 16 bridgehead atoms. The normalized spacial score (nSPS) is 41.8. The van der Waals surface area contributed by atoms with Gasteiger partial charge in [0.2, 0.25) is 46.3 Å². The summed E-state index contributed by atoms with van der Waals surface area (Å²) in [7, 11) is 0. The van der Waals surface area contributed by atoms with E-state index in [9.17, 15) is 14.4 Å². The summed E-state index contributed by atoms with van der Waals surface area (Å²) >= 11 is 0. The molecule has 0 radical (unpaired) electrons. The van der Waals surface area contributed by atoms with Crippen LogP contribution in [0.1, 0.15) is 328 Å². The molecule has 140 heavy (non-hydrogen) atoms. The fourth-order valence-electron chi connectivity index (χ4n) is 33.0. The summed E-state index contributed by atoms with van der Waals surface area (Å²) in [5.74, 6) is 11.8. The molecule has 756 valence electrons. The van der Waals surface area contributed by atoms with E-state index in [-0.39, 0.29) is 12.2 Å². The molecule has 20 aliphatic carbocycles. The molecule has 2 amide bonds. The summed E-state index contributed by atoms with van der Waals surface area (Å²) in [6.07, 6.45) is 46.6. The Morgan fingerprint density at radius 3 is 0.914 bits per heavy atom. The molecule has 24 heteroatoms. The third kappa shape index (κ3) is 18.8. The van der Waals surface area contributed by atoms with E-state index in [2.05, 4.69) is 60.4 Å². The molecule has 27 fully saturated rings. The number of benzene rings is 5. The zero-order valence-corrected chi connectivity index (χ0v) is 82.9. The number of piperidine rings is 2. The first-order valence-corrected chi connectivity index (χ1v) is 55.8. The summed E-state index contributed by atoms with van der Waals surface area (Å²) in [6, 6.07) is 40.0. The molecule has 5 aromatic rings. The number of morpholine rings is 1. The Balaban J connectivity index is 0.0000000985. The largest absolute Gasteiger partial charge is 0.519 e. The zero-order chi connectivity index (χ0) is 94.0. The Morgan fingerprint density at radius 1 is 0.314 bits per heavy atom. The summed E-state index contributed by atoms with van der Waals surface area (Å²) < 4.78 is 61.2. The molecule has 0 aromatic heterocycles. The van der Waals surface area contributed by atoms with Crippen molar-refractivity contribution in [3.05, 3.63) is 149 Å². The van der Waals surface area contributed by atoms with E-state index in [1.807, 2.05) is 77.4 Å². The SMILES string of the molecule is CC1CCN(C(=O)Oc2ccc([C@@H]3CCC[C@]4(C3)OOC3(O4)C4CC5CC(C4)CC3C5)cc2)CC1.Cc1ccc(OC(=O)Oc2ccc([C@@H]3CCC[C@]4(C3)OOC3(O4)C4CC5CC(C4)CC3C5)cc2)cc1.O=C(Oc1ccc([C@@H]2CCC[C@]3(C2)OOC2(O3)C3CC4CC(C3)CC2C4)cc1)N1CCCCC1.c1cc([C@@H]2CCC[C@]3(C2)OOC2(O3)C3CC4CC(C3)CC2C4)ccc1OCCCN1CCOCC1. The number of carbonyl (C=O) groups is 3. The van der Waals surface area contributed by atoms with Crippen LogP contribution in [0.3, 0.4) is 0 Å². The van der Waals surface area contributed by atoms with Crippen molar-refractivity contribution < 1.29 is 101 Å². The second-order valence-electron chi connectivity index (χ2n) is 48.6. The van der Waals surface area contributed by atoms with Gasteiger partial charge in [-0.15, -0.1) is 0 Å². The number of rotatable bonds is 13. The first-order chi connectivity index (χ1) is 68.3. The lowest BCUT2D eigenvalue weighted by molar-refractivity contribution is -0.390. The summed E-state index contributed by atoms with van der Waals surface area (Å²) in [6.45, 7) is 13.0. The number of ether oxygens (including phenoxy) is 10. The number of carbonyl (C=O) groups excluding carboxylic acids is 3. The quantitative estimate of drug-likeness (QED) is 0.0462. The lowest BCUT2D eigenvalue weighted by atomic mass is 9.53. The molecule has 20 saturated carbocycles. The topological polar surface area (TPSA) is 227 Å². The highest BCUT2D eigenvalue weighted by Gasteiger charge is 2.72. The van der Waals surface area contributed by atoms with Crippen LogP contribution in [0.15, 0.2) is 121 Å². The second-order valence-corrected chi connectivity index (χ2v) is 48.6. The first-order valence-electron chi connectivity index (χ1n) is 55.8. The maximum absolute atomic E-state index is 12.5. The van der Waals surface area contributed by atoms with Gasteiger partial charge < -0.3 is 57.2 Å². The van der Waals surface area contributed by atoms with Crippen molar-refractivity contribution in [3.8, 4) is 28.7 Å².